The Morgan fingerprint density at radius 1 is 1.32 bits per heavy atom. The van der Waals surface area contributed by atoms with Crippen molar-refractivity contribution in [2.75, 3.05) is 6.61 Å². The fourth-order valence-corrected chi connectivity index (χ4v) is 3.46. The molecule has 1 aromatic rings. The van der Waals surface area contributed by atoms with E-state index < -0.39 is 46.8 Å². The number of amides is 2. The van der Waals surface area contributed by atoms with Gasteiger partial charge < -0.3 is 15.8 Å². The minimum atomic E-state index is -4.57. The first kappa shape index (κ1) is 20.1. The lowest BCUT2D eigenvalue weighted by Gasteiger charge is -2.36. The first-order valence-corrected chi connectivity index (χ1v) is 8.90. The predicted octanol–water partition coefficient (Wildman–Crippen LogP) is 1.04. The van der Waals surface area contributed by atoms with Gasteiger partial charge in [0.25, 0.3) is 5.91 Å². The van der Waals surface area contributed by atoms with Gasteiger partial charge in [-0.1, -0.05) is 0 Å². The van der Waals surface area contributed by atoms with Crippen LogP contribution >= 0.6 is 11.8 Å². The number of hydrogen-bond donors (Lipinski definition) is 2. The van der Waals surface area contributed by atoms with Crippen molar-refractivity contribution in [1.29, 1.82) is 0 Å². The van der Waals surface area contributed by atoms with Crippen molar-refractivity contribution in [2.24, 2.45) is 5.73 Å². The van der Waals surface area contributed by atoms with Crippen LogP contribution in [-0.4, -0.2) is 45.4 Å². The Morgan fingerprint density at radius 3 is 2.46 bits per heavy atom. The SMILES string of the molecule is NC(=O)CC1(NC(=O)c2cc(OCC(F)(F)F)c(C3CC3)cn2)C(=O)SC1=O. The van der Waals surface area contributed by atoms with Crippen LogP contribution in [-0.2, 0) is 14.4 Å². The maximum absolute atomic E-state index is 12.5. The molecule has 0 spiro atoms. The third kappa shape index (κ3) is 4.11. The fraction of sp³-hybridized carbons (Fsp3) is 0.438. The van der Waals surface area contributed by atoms with E-state index in [1.54, 1.807) is 0 Å². The molecule has 2 aliphatic rings. The Kier molecular flexibility index (Phi) is 5.08. The molecule has 0 atom stereocenters. The third-order valence-corrected chi connectivity index (χ3v) is 5.25. The molecule has 0 aromatic carbocycles. The minimum Gasteiger partial charge on any atom is -0.484 e. The molecule has 1 aliphatic carbocycles. The highest BCUT2D eigenvalue weighted by Gasteiger charge is 2.58. The van der Waals surface area contributed by atoms with Gasteiger partial charge in [0.2, 0.25) is 16.1 Å². The van der Waals surface area contributed by atoms with Crippen LogP contribution in [0.25, 0.3) is 0 Å². The van der Waals surface area contributed by atoms with Crippen molar-refractivity contribution in [3.8, 4) is 5.75 Å². The maximum atomic E-state index is 12.5. The summed E-state index contributed by atoms with van der Waals surface area (Å²) in [4.78, 5) is 51.2. The molecule has 8 nitrogen and oxygen atoms in total. The molecule has 1 saturated heterocycles. The van der Waals surface area contributed by atoms with E-state index in [1.165, 1.54) is 6.20 Å². The van der Waals surface area contributed by atoms with Gasteiger partial charge in [0, 0.05) is 17.8 Å². The van der Waals surface area contributed by atoms with Crippen LogP contribution in [0.1, 0.15) is 41.2 Å². The van der Waals surface area contributed by atoms with Crippen LogP contribution < -0.4 is 15.8 Å². The standard InChI is InChI=1S/C16H14F3N3O5S/c17-16(18,19)6-27-10-3-9(21-5-8(10)7-1-2-7)12(24)22-15(4-11(20)23)13(25)28-14(15)26/h3,5,7H,1-2,4,6H2,(H2,20,23)(H,22,24). The molecule has 2 heterocycles. The number of carbonyl (C=O) groups is 4. The van der Waals surface area contributed by atoms with Gasteiger partial charge >= 0.3 is 6.18 Å². The Balaban J connectivity index is 1.84. The molecule has 1 saturated carbocycles. The van der Waals surface area contributed by atoms with E-state index in [0.29, 0.717) is 17.3 Å². The van der Waals surface area contributed by atoms with Crippen molar-refractivity contribution in [3.63, 3.8) is 0 Å². The lowest BCUT2D eigenvalue weighted by Crippen LogP contribution is -2.66. The van der Waals surface area contributed by atoms with E-state index in [9.17, 15) is 32.3 Å². The number of pyridine rings is 1. The summed E-state index contributed by atoms with van der Waals surface area (Å²) in [5.74, 6) is -2.14. The number of hydrogen-bond acceptors (Lipinski definition) is 7. The second-order valence-corrected chi connectivity index (χ2v) is 7.41. The summed E-state index contributed by atoms with van der Waals surface area (Å²) in [6.45, 7) is -1.54. The molecular formula is C16H14F3N3O5S. The first-order valence-electron chi connectivity index (χ1n) is 8.09. The number of alkyl halides is 3. The highest BCUT2D eigenvalue weighted by Crippen LogP contribution is 2.44. The molecule has 3 rings (SSSR count). The number of carbonyl (C=O) groups excluding carboxylic acids is 4. The molecule has 0 unspecified atom stereocenters. The van der Waals surface area contributed by atoms with Crippen LogP contribution in [0.2, 0.25) is 0 Å². The summed E-state index contributed by atoms with van der Waals surface area (Å²) >= 11 is 0.328. The average Bonchev–Trinajstić information content (AvgIpc) is 3.43. The topological polar surface area (TPSA) is 128 Å². The molecule has 28 heavy (non-hydrogen) atoms. The lowest BCUT2D eigenvalue weighted by molar-refractivity contribution is -0.153. The summed E-state index contributed by atoms with van der Waals surface area (Å²) in [6.07, 6.45) is -2.53. The van der Waals surface area contributed by atoms with E-state index in [1.807, 2.05) is 0 Å². The van der Waals surface area contributed by atoms with Gasteiger partial charge in [0.1, 0.15) is 11.4 Å². The summed E-state index contributed by atoms with van der Waals surface area (Å²) in [7, 11) is 0. The smallest absolute Gasteiger partial charge is 0.422 e. The average molecular weight is 417 g/mol. The molecule has 1 aliphatic heterocycles. The second-order valence-electron chi connectivity index (χ2n) is 6.47. The largest absolute Gasteiger partial charge is 0.484 e. The minimum absolute atomic E-state index is 0.000219. The number of nitrogens with two attached hydrogens (primary N) is 1. The van der Waals surface area contributed by atoms with Gasteiger partial charge in [-0.05, 0) is 30.5 Å². The molecule has 3 N–H and O–H groups in total. The number of ether oxygens (including phenoxy) is 1. The van der Waals surface area contributed by atoms with E-state index in [-0.39, 0.29) is 17.4 Å². The van der Waals surface area contributed by atoms with Crippen molar-refractivity contribution < 1.29 is 37.1 Å². The van der Waals surface area contributed by atoms with E-state index >= 15 is 0 Å². The second kappa shape index (κ2) is 7.08. The first-order chi connectivity index (χ1) is 13.0. The molecular weight excluding hydrogens is 403 g/mol. The highest BCUT2D eigenvalue weighted by atomic mass is 32.2. The normalized spacial score (nSPS) is 18.4. The zero-order valence-corrected chi connectivity index (χ0v) is 15.0. The van der Waals surface area contributed by atoms with Crippen molar-refractivity contribution in [2.45, 2.75) is 36.9 Å². The van der Waals surface area contributed by atoms with Gasteiger partial charge in [0.15, 0.2) is 12.1 Å². The van der Waals surface area contributed by atoms with Crippen LogP contribution in [0.5, 0.6) is 5.75 Å². The number of rotatable bonds is 7. The highest BCUT2D eigenvalue weighted by molar-refractivity contribution is 8.30. The molecule has 1 aromatic heterocycles. The van der Waals surface area contributed by atoms with E-state index in [2.05, 4.69) is 10.3 Å². The number of aromatic nitrogens is 1. The molecule has 2 fully saturated rings. The van der Waals surface area contributed by atoms with Gasteiger partial charge in [-0.3, -0.25) is 24.2 Å². The van der Waals surface area contributed by atoms with E-state index in [0.717, 1.165) is 18.9 Å². The number of nitrogens with one attached hydrogen (secondary N) is 1. The molecule has 150 valence electrons. The summed E-state index contributed by atoms with van der Waals surface area (Å²) in [5, 5.41) is 0.628. The van der Waals surface area contributed by atoms with Gasteiger partial charge in [-0.15, -0.1) is 0 Å². The van der Waals surface area contributed by atoms with Crippen LogP contribution in [0.4, 0.5) is 13.2 Å². The van der Waals surface area contributed by atoms with Crippen LogP contribution in [0.3, 0.4) is 0 Å². The summed E-state index contributed by atoms with van der Waals surface area (Å²) in [5.41, 5.74) is 3.04. The Morgan fingerprint density at radius 2 is 1.96 bits per heavy atom. The monoisotopic (exact) mass is 417 g/mol. The summed E-state index contributed by atoms with van der Waals surface area (Å²) < 4.78 is 42.3. The van der Waals surface area contributed by atoms with Crippen LogP contribution in [0.15, 0.2) is 12.3 Å². The van der Waals surface area contributed by atoms with Crippen molar-refractivity contribution >= 4 is 33.8 Å². The summed E-state index contributed by atoms with van der Waals surface area (Å²) in [6, 6.07) is 1.02. The van der Waals surface area contributed by atoms with E-state index in [4.69, 9.17) is 10.5 Å². The quantitative estimate of drug-likeness (QED) is 0.635. The zero-order valence-electron chi connectivity index (χ0n) is 14.2. The Hall–Kier alpha value is -2.63. The molecule has 12 heteroatoms. The Bertz CT molecular complexity index is 856. The van der Waals surface area contributed by atoms with Gasteiger partial charge in [0.05, 0.1) is 6.42 Å². The van der Waals surface area contributed by atoms with Gasteiger partial charge in [-0.25, -0.2) is 0 Å². The lowest BCUT2D eigenvalue weighted by atomic mass is 9.96. The fourth-order valence-electron chi connectivity index (χ4n) is 2.66. The van der Waals surface area contributed by atoms with Gasteiger partial charge in [-0.2, -0.15) is 13.2 Å². The van der Waals surface area contributed by atoms with Crippen molar-refractivity contribution in [1.82, 2.24) is 10.3 Å². The number of thioether (sulfide) groups is 1. The molecule has 0 radical (unpaired) electrons. The predicted molar refractivity (Wildman–Crippen MR) is 89.4 cm³/mol. The molecule has 0 bridgehead atoms. The third-order valence-electron chi connectivity index (χ3n) is 4.18. The number of primary amides is 1. The van der Waals surface area contributed by atoms with Crippen LogP contribution in [0, 0.1) is 0 Å². The maximum Gasteiger partial charge on any atom is 0.422 e. The Labute approximate surface area is 160 Å². The zero-order chi connectivity index (χ0) is 20.7. The molecule has 2 amide bonds. The number of nitrogens with zero attached hydrogens (tertiary/aromatic N) is 1. The number of halogens is 3. The van der Waals surface area contributed by atoms with Crippen molar-refractivity contribution in [3.05, 3.63) is 23.5 Å².